The first-order chi connectivity index (χ1) is 2.91. The minimum Gasteiger partial charge on any atom is -0.299 e. The summed E-state index contributed by atoms with van der Waals surface area (Å²) in [5, 5.41) is 1.73. The Morgan fingerprint density at radius 1 is 1.67 bits per heavy atom. The molecule has 2 heteroatoms. The Bertz CT molecular complexity index is 58.6. The molecule has 0 radical (unpaired) electrons. The van der Waals surface area contributed by atoms with Crippen molar-refractivity contribution in [1.82, 2.24) is 0 Å². The van der Waals surface area contributed by atoms with E-state index in [2.05, 4.69) is 0 Å². The smallest absolute Gasteiger partial charge is 0.143 e. The highest BCUT2D eigenvalue weighted by molar-refractivity contribution is 8.01. The summed E-state index contributed by atoms with van der Waals surface area (Å²) >= 11 is 1.51. The molecule has 0 fully saturated rings. The van der Waals surface area contributed by atoms with Crippen molar-refractivity contribution in [2.45, 2.75) is 0 Å². The lowest BCUT2D eigenvalue weighted by Gasteiger charge is -1.66. The number of rotatable bonds is 2. The van der Waals surface area contributed by atoms with Crippen LogP contribution in [0.4, 0.5) is 0 Å². The second-order valence-corrected chi connectivity index (χ2v) is 1.44. The SMILES string of the molecule is CSC=CC=O. The predicted octanol–water partition coefficient (Wildman–Crippen LogP) is 1.06. The van der Waals surface area contributed by atoms with E-state index in [0.717, 1.165) is 6.29 Å². The van der Waals surface area contributed by atoms with Crippen LogP contribution in [0.15, 0.2) is 11.5 Å². The van der Waals surface area contributed by atoms with Gasteiger partial charge in [0, 0.05) is 0 Å². The van der Waals surface area contributed by atoms with Crippen LogP contribution in [0.2, 0.25) is 0 Å². The summed E-state index contributed by atoms with van der Waals surface area (Å²) in [6.07, 6.45) is 4.13. The third-order valence-corrected chi connectivity index (χ3v) is 0.723. The lowest BCUT2D eigenvalue weighted by molar-refractivity contribution is -0.104. The van der Waals surface area contributed by atoms with Crippen molar-refractivity contribution in [2.75, 3.05) is 6.26 Å². The molecule has 0 unspecified atom stereocenters. The fourth-order valence-electron chi connectivity index (χ4n) is 0.111. The molecule has 0 aliphatic heterocycles. The van der Waals surface area contributed by atoms with Crippen molar-refractivity contribution in [2.24, 2.45) is 0 Å². The molecule has 0 N–H and O–H groups in total. The van der Waals surface area contributed by atoms with Crippen LogP contribution in [0.3, 0.4) is 0 Å². The van der Waals surface area contributed by atoms with Crippen molar-refractivity contribution in [3.8, 4) is 0 Å². The molecule has 0 amide bonds. The van der Waals surface area contributed by atoms with Gasteiger partial charge in [-0.2, -0.15) is 0 Å². The molecule has 0 aromatic carbocycles. The highest BCUT2D eigenvalue weighted by Crippen LogP contribution is 1.89. The zero-order valence-electron chi connectivity index (χ0n) is 3.55. The van der Waals surface area contributed by atoms with Crippen molar-refractivity contribution in [1.29, 1.82) is 0 Å². The highest BCUT2D eigenvalue weighted by atomic mass is 32.2. The second-order valence-electron chi connectivity index (χ2n) is 0.700. The number of hydrogen-bond donors (Lipinski definition) is 0. The van der Waals surface area contributed by atoms with Crippen LogP contribution in [0.5, 0.6) is 0 Å². The van der Waals surface area contributed by atoms with Crippen LogP contribution in [0.1, 0.15) is 0 Å². The van der Waals surface area contributed by atoms with Gasteiger partial charge in [-0.05, 0) is 17.7 Å². The molecule has 0 aliphatic rings. The monoisotopic (exact) mass is 102 g/mol. The fourth-order valence-corrected chi connectivity index (χ4v) is 0.332. The number of allylic oxidation sites excluding steroid dienone is 1. The number of carbonyl (C=O) groups excluding carboxylic acids is 1. The third-order valence-electron chi connectivity index (χ3n) is 0.293. The highest BCUT2D eigenvalue weighted by Gasteiger charge is 1.58. The summed E-state index contributed by atoms with van der Waals surface area (Å²) < 4.78 is 0. The van der Waals surface area contributed by atoms with E-state index in [4.69, 9.17) is 0 Å². The normalized spacial score (nSPS) is 9.50. The van der Waals surface area contributed by atoms with Crippen LogP contribution in [-0.2, 0) is 4.79 Å². The number of carbonyl (C=O) groups is 1. The molecule has 0 bridgehead atoms. The minimum atomic E-state index is 0.760. The zero-order chi connectivity index (χ0) is 4.83. The quantitative estimate of drug-likeness (QED) is 0.383. The van der Waals surface area contributed by atoms with E-state index in [1.165, 1.54) is 17.8 Å². The summed E-state index contributed by atoms with van der Waals surface area (Å²) in [6, 6.07) is 0. The second kappa shape index (κ2) is 4.76. The molecular formula is C4H6OS. The summed E-state index contributed by atoms with van der Waals surface area (Å²) in [7, 11) is 0. The van der Waals surface area contributed by atoms with E-state index in [-0.39, 0.29) is 0 Å². The van der Waals surface area contributed by atoms with Gasteiger partial charge in [0.1, 0.15) is 6.29 Å². The van der Waals surface area contributed by atoms with Gasteiger partial charge in [-0.3, -0.25) is 4.79 Å². The Labute approximate surface area is 41.4 Å². The molecule has 0 spiro atoms. The standard InChI is InChI=1S/C4H6OS/c1-6-4-2-3-5/h2-4H,1H3. The molecule has 0 atom stereocenters. The van der Waals surface area contributed by atoms with Gasteiger partial charge in [-0.15, -0.1) is 11.8 Å². The van der Waals surface area contributed by atoms with E-state index in [1.807, 2.05) is 6.26 Å². The van der Waals surface area contributed by atoms with Crippen LogP contribution in [0.25, 0.3) is 0 Å². The average molecular weight is 102 g/mol. The Hall–Kier alpha value is -0.240. The molecule has 0 saturated heterocycles. The van der Waals surface area contributed by atoms with E-state index in [1.54, 1.807) is 5.41 Å². The summed E-state index contributed by atoms with van der Waals surface area (Å²) in [4.78, 5) is 9.46. The van der Waals surface area contributed by atoms with E-state index in [9.17, 15) is 4.79 Å². The molecule has 0 saturated carbocycles. The van der Waals surface area contributed by atoms with Gasteiger partial charge < -0.3 is 0 Å². The first kappa shape index (κ1) is 5.76. The first-order valence-electron chi connectivity index (χ1n) is 1.55. The summed E-state index contributed by atoms with van der Waals surface area (Å²) in [5.41, 5.74) is 0. The average Bonchev–Trinajstić information content (AvgIpc) is 1.61. The molecule has 0 aromatic heterocycles. The number of hydrogen-bond acceptors (Lipinski definition) is 2. The Morgan fingerprint density at radius 3 is 2.50 bits per heavy atom. The molecule has 1 nitrogen and oxygen atoms in total. The minimum absolute atomic E-state index is 0.760. The maximum atomic E-state index is 9.46. The Kier molecular flexibility index (Phi) is 4.57. The van der Waals surface area contributed by atoms with Gasteiger partial charge in [0.15, 0.2) is 0 Å². The maximum absolute atomic E-state index is 9.46. The summed E-state index contributed by atoms with van der Waals surface area (Å²) in [5.74, 6) is 0. The maximum Gasteiger partial charge on any atom is 0.143 e. The Balaban J connectivity index is 2.94. The van der Waals surface area contributed by atoms with Crippen LogP contribution >= 0.6 is 11.8 Å². The molecule has 0 aromatic rings. The third kappa shape index (κ3) is 3.76. The van der Waals surface area contributed by atoms with Crippen LogP contribution in [0, 0.1) is 0 Å². The topological polar surface area (TPSA) is 17.1 Å². The molecule has 0 heterocycles. The molecular weight excluding hydrogens is 96.1 g/mol. The Morgan fingerprint density at radius 2 is 2.33 bits per heavy atom. The van der Waals surface area contributed by atoms with Crippen molar-refractivity contribution in [3.63, 3.8) is 0 Å². The molecule has 34 valence electrons. The largest absolute Gasteiger partial charge is 0.299 e. The van der Waals surface area contributed by atoms with Gasteiger partial charge in [0.2, 0.25) is 0 Å². The van der Waals surface area contributed by atoms with Gasteiger partial charge in [0.05, 0.1) is 0 Å². The van der Waals surface area contributed by atoms with Gasteiger partial charge in [-0.25, -0.2) is 0 Å². The molecule has 6 heavy (non-hydrogen) atoms. The van der Waals surface area contributed by atoms with Gasteiger partial charge >= 0.3 is 0 Å². The summed E-state index contributed by atoms with van der Waals surface area (Å²) in [6.45, 7) is 0. The van der Waals surface area contributed by atoms with Gasteiger partial charge in [0.25, 0.3) is 0 Å². The zero-order valence-corrected chi connectivity index (χ0v) is 4.37. The van der Waals surface area contributed by atoms with Crippen molar-refractivity contribution in [3.05, 3.63) is 11.5 Å². The van der Waals surface area contributed by atoms with Crippen molar-refractivity contribution < 1.29 is 4.79 Å². The lowest BCUT2D eigenvalue weighted by atomic mass is 10.7. The first-order valence-corrected chi connectivity index (χ1v) is 2.83. The van der Waals surface area contributed by atoms with Crippen LogP contribution in [-0.4, -0.2) is 12.5 Å². The molecule has 0 aliphatic carbocycles. The van der Waals surface area contributed by atoms with E-state index in [0.29, 0.717) is 0 Å². The fraction of sp³-hybridized carbons (Fsp3) is 0.250. The van der Waals surface area contributed by atoms with E-state index < -0.39 is 0 Å². The van der Waals surface area contributed by atoms with Gasteiger partial charge in [-0.1, -0.05) is 0 Å². The predicted molar refractivity (Wildman–Crippen MR) is 28.7 cm³/mol. The van der Waals surface area contributed by atoms with Crippen LogP contribution < -0.4 is 0 Å². The van der Waals surface area contributed by atoms with E-state index >= 15 is 0 Å². The molecule has 0 rings (SSSR count). The lowest BCUT2D eigenvalue weighted by Crippen LogP contribution is -1.51. The number of aldehydes is 1. The van der Waals surface area contributed by atoms with Crippen molar-refractivity contribution >= 4 is 18.0 Å². The number of thioether (sulfide) groups is 1.